The summed E-state index contributed by atoms with van der Waals surface area (Å²) in [5, 5.41) is 6.33. The zero-order valence-corrected chi connectivity index (χ0v) is 12.1. The van der Waals surface area contributed by atoms with Crippen molar-refractivity contribution in [3.05, 3.63) is 0 Å². The smallest absolute Gasteiger partial charge is 0.322 e. The third-order valence-electron chi connectivity index (χ3n) is 2.52. The van der Waals surface area contributed by atoms with Gasteiger partial charge in [0.2, 0.25) is 11.9 Å². The second-order valence-corrected chi connectivity index (χ2v) is 4.10. The Morgan fingerprint density at radius 3 is 2.42 bits per heavy atom. The molecule has 0 amide bonds. The highest BCUT2D eigenvalue weighted by Gasteiger charge is 2.11. The van der Waals surface area contributed by atoms with Crippen LogP contribution in [0.15, 0.2) is 0 Å². The average Bonchev–Trinajstić information content (AvgIpc) is 2.44. The van der Waals surface area contributed by atoms with Crippen LogP contribution in [0, 0.1) is 0 Å². The molecule has 1 heterocycles. The van der Waals surface area contributed by atoms with E-state index in [0.29, 0.717) is 24.5 Å². The summed E-state index contributed by atoms with van der Waals surface area (Å²) in [4.78, 5) is 12.6. The van der Waals surface area contributed by atoms with Gasteiger partial charge in [-0.25, -0.2) is 0 Å². The molecule has 0 saturated carbocycles. The third kappa shape index (κ3) is 5.25. The number of anilines is 2. The molecule has 0 fully saturated rings. The number of rotatable bonds is 9. The molecule has 1 atom stereocenters. The molecule has 108 valence electrons. The molecule has 0 saturated heterocycles. The van der Waals surface area contributed by atoms with Crippen LogP contribution in [-0.4, -0.2) is 48.4 Å². The first-order valence-electron chi connectivity index (χ1n) is 6.52. The summed E-state index contributed by atoms with van der Waals surface area (Å²) in [6, 6.07) is 0.458. The molecular formula is C12H23N5O2. The molecule has 0 aliphatic heterocycles. The van der Waals surface area contributed by atoms with Gasteiger partial charge in [0.1, 0.15) is 0 Å². The SMILES string of the molecule is CCCNc1nc(NC(CC)COC)nc(OC)n1. The minimum absolute atomic E-state index is 0.163. The van der Waals surface area contributed by atoms with E-state index in [9.17, 15) is 0 Å². The van der Waals surface area contributed by atoms with Crippen LogP contribution in [0.25, 0.3) is 0 Å². The Morgan fingerprint density at radius 2 is 1.84 bits per heavy atom. The number of hydrogen-bond donors (Lipinski definition) is 2. The molecule has 0 aromatic carbocycles. The molecule has 19 heavy (non-hydrogen) atoms. The highest BCUT2D eigenvalue weighted by atomic mass is 16.5. The van der Waals surface area contributed by atoms with Gasteiger partial charge in [-0.15, -0.1) is 0 Å². The Morgan fingerprint density at radius 1 is 1.11 bits per heavy atom. The summed E-state index contributed by atoms with van der Waals surface area (Å²) in [6.45, 7) is 5.56. The van der Waals surface area contributed by atoms with Crippen molar-refractivity contribution in [2.45, 2.75) is 32.7 Å². The molecule has 0 bridgehead atoms. The van der Waals surface area contributed by atoms with Gasteiger partial charge in [0.25, 0.3) is 0 Å². The van der Waals surface area contributed by atoms with Crippen LogP contribution in [0.1, 0.15) is 26.7 Å². The topological polar surface area (TPSA) is 81.2 Å². The first-order chi connectivity index (χ1) is 9.23. The Kier molecular flexibility index (Phi) is 6.88. The van der Waals surface area contributed by atoms with Gasteiger partial charge in [-0.3, -0.25) is 0 Å². The van der Waals surface area contributed by atoms with Crippen molar-refractivity contribution in [1.82, 2.24) is 15.0 Å². The highest BCUT2D eigenvalue weighted by molar-refractivity contribution is 5.36. The molecule has 1 aromatic rings. The number of nitrogens with one attached hydrogen (secondary N) is 2. The summed E-state index contributed by atoms with van der Waals surface area (Å²) in [5.74, 6) is 1.01. The molecule has 0 aliphatic carbocycles. The van der Waals surface area contributed by atoms with Crippen molar-refractivity contribution in [1.29, 1.82) is 0 Å². The normalized spacial score (nSPS) is 12.0. The molecule has 7 heteroatoms. The maximum atomic E-state index is 5.14. The predicted molar refractivity (Wildman–Crippen MR) is 74.7 cm³/mol. The van der Waals surface area contributed by atoms with E-state index in [0.717, 1.165) is 19.4 Å². The number of methoxy groups -OCH3 is 2. The lowest BCUT2D eigenvalue weighted by molar-refractivity contribution is 0.184. The zero-order chi connectivity index (χ0) is 14.1. The maximum absolute atomic E-state index is 5.14. The van der Waals surface area contributed by atoms with Crippen molar-refractivity contribution in [2.75, 3.05) is 38.0 Å². The van der Waals surface area contributed by atoms with Crippen molar-refractivity contribution in [3.63, 3.8) is 0 Å². The fraction of sp³-hybridized carbons (Fsp3) is 0.750. The lowest BCUT2D eigenvalue weighted by Gasteiger charge is -2.16. The molecule has 0 radical (unpaired) electrons. The van der Waals surface area contributed by atoms with E-state index in [1.165, 1.54) is 7.11 Å². The van der Waals surface area contributed by atoms with E-state index in [-0.39, 0.29) is 6.04 Å². The fourth-order valence-electron chi connectivity index (χ4n) is 1.47. The van der Waals surface area contributed by atoms with Crippen LogP contribution in [0.5, 0.6) is 6.01 Å². The fourth-order valence-corrected chi connectivity index (χ4v) is 1.47. The lowest BCUT2D eigenvalue weighted by Crippen LogP contribution is -2.25. The molecule has 1 rings (SSSR count). The summed E-state index contributed by atoms with van der Waals surface area (Å²) >= 11 is 0. The molecule has 7 nitrogen and oxygen atoms in total. The largest absolute Gasteiger partial charge is 0.467 e. The van der Waals surface area contributed by atoms with Gasteiger partial charge >= 0.3 is 6.01 Å². The van der Waals surface area contributed by atoms with Gasteiger partial charge in [-0.2, -0.15) is 15.0 Å². The van der Waals surface area contributed by atoms with E-state index < -0.39 is 0 Å². The van der Waals surface area contributed by atoms with E-state index in [2.05, 4.69) is 39.4 Å². The van der Waals surface area contributed by atoms with Crippen molar-refractivity contribution in [2.24, 2.45) is 0 Å². The Labute approximate surface area is 114 Å². The summed E-state index contributed by atoms with van der Waals surface area (Å²) < 4.78 is 10.2. The van der Waals surface area contributed by atoms with Crippen LogP contribution < -0.4 is 15.4 Å². The monoisotopic (exact) mass is 269 g/mol. The molecular weight excluding hydrogens is 246 g/mol. The van der Waals surface area contributed by atoms with Crippen LogP contribution in [0.4, 0.5) is 11.9 Å². The van der Waals surface area contributed by atoms with Gasteiger partial charge in [0, 0.05) is 13.7 Å². The lowest BCUT2D eigenvalue weighted by atomic mass is 10.2. The van der Waals surface area contributed by atoms with Gasteiger partial charge in [-0.1, -0.05) is 13.8 Å². The van der Waals surface area contributed by atoms with Crippen LogP contribution >= 0.6 is 0 Å². The predicted octanol–water partition coefficient (Wildman–Crippen LogP) is 1.54. The van der Waals surface area contributed by atoms with E-state index in [1.807, 2.05) is 0 Å². The second-order valence-electron chi connectivity index (χ2n) is 4.10. The number of hydrogen-bond acceptors (Lipinski definition) is 7. The average molecular weight is 269 g/mol. The van der Waals surface area contributed by atoms with E-state index in [4.69, 9.17) is 9.47 Å². The quantitative estimate of drug-likeness (QED) is 0.703. The molecule has 2 N–H and O–H groups in total. The Bertz CT molecular complexity index is 375. The first kappa shape index (κ1) is 15.4. The van der Waals surface area contributed by atoms with Crippen molar-refractivity contribution >= 4 is 11.9 Å². The van der Waals surface area contributed by atoms with E-state index >= 15 is 0 Å². The van der Waals surface area contributed by atoms with Crippen molar-refractivity contribution in [3.8, 4) is 6.01 Å². The van der Waals surface area contributed by atoms with Crippen LogP contribution in [0.2, 0.25) is 0 Å². The highest BCUT2D eigenvalue weighted by Crippen LogP contribution is 2.12. The van der Waals surface area contributed by atoms with E-state index in [1.54, 1.807) is 7.11 Å². The number of aromatic nitrogens is 3. The summed E-state index contributed by atoms with van der Waals surface area (Å²) in [6.07, 6.45) is 1.91. The molecule has 0 spiro atoms. The number of nitrogens with zero attached hydrogens (tertiary/aromatic N) is 3. The van der Waals surface area contributed by atoms with Gasteiger partial charge in [0.05, 0.1) is 19.8 Å². The van der Waals surface area contributed by atoms with Gasteiger partial charge in [-0.05, 0) is 12.8 Å². The minimum atomic E-state index is 0.163. The standard InChI is InChI=1S/C12H23N5O2/c1-5-7-13-10-15-11(17-12(16-10)19-4)14-9(6-2)8-18-3/h9H,5-8H2,1-4H3,(H2,13,14,15,16,17). The Hall–Kier alpha value is -1.63. The summed E-state index contributed by atoms with van der Waals surface area (Å²) in [7, 11) is 3.21. The van der Waals surface area contributed by atoms with Crippen LogP contribution in [0.3, 0.4) is 0 Å². The van der Waals surface area contributed by atoms with Gasteiger partial charge < -0.3 is 20.1 Å². The maximum Gasteiger partial charge on any atom is 0.322 e. The molecule has 0 aliphatic rings. The minimum Gasteiger partial charge on any atom is -0.467 e. The zero-order valence-electron chi connectivity index (χ0n) is 12.1. The summed E-state index contributed by atoms with van der Waals surface area (Å²) in [5.41, 5.74) is 0. The van der Waals surface area contributed by atoms with Crippen LogP contribution in [-0.2, 0) is 4.74 Å². The Balaban J connectivity index is 2.80. The van der Waals surface area contributed by atoms with Gasteiger partial charge in [0.15, 0.2) is 0 Å². The van der Waals surface area contributed by atoms with Crippen molar-refractivity contribution < 1.29 is 9.47 Å². The molecule has 1 unspecified atom stereocenters. The molecule has 1 aromatic heterocycles. The third-order valence-corrected chi connectivity index (χ3v) is 2.52. The first-order valence-corrected chi connectivity index (χ1v) is 6.52. The second kappa shape index (κ2) is 8.47. The number of ether oxygens (including phenoxy) is 2.